The first-order chi connectivity index (χ1) is 8.13. The number of hydrogen-bond donors (Lipinski definition) is 0. The molecule has 0 aliphatic heterocycles. The summed E-state index contributed by atoms with van der Waals surface area (Å²) in [5.41, 5.74) is 1.68. The molecule has 0 heterocycles. The Morgan fingerprint density at radius 3 is 2.41 bits per heavy atom. The van der Waals surface area contributed by atoms with Crippen LogP contribution in [0.3, 0.4) is 0 Å². The fourth-order valence-electron chi connectivity index (χ4n) is 1.67. The van der Waals surface area contributed by atoms with E-state index in [1.807, 2.05) is 12.1 Å². The molecule has 0 radical (unpaired) electrons. The number of halogens is 1. The zero-order valence-corrected chi connectivity index (χ0v) is 12.1. The summed E-state index contributed by atoms with van der Waals surface area (Å²) >= 11 is 3.50. The van der Waals surface area contributed by atoms with Gasteiger partial charge in [0.2, 0.25) is 0 Å². The molecule has 0 unspecified atom stereocenters. The Morgan fingerprint density at radius 1 is 1.29 bits per heavy atom. The van der Waals surface area contributed by atoms with Crippen molar-refractivity contribution in [3.8, 4) is 0 Å². The molecule has 4 heteroatoms. The van der Waals surface area contributed by atoms with E-state index < -0.39 is 0 Å². The second-order valence-electron chi connectivity index (χ2n) is 3.56. The Hall–Kier alpha value is -1.03. The third-order valence-electron chi connectivity index (χ3n) is 2.56. The van der Waals surface area contributed by atoms with Crippen LogP contribution in [0.2, 0.25) is 0 Å². The first-order valence-corrected chi connectivity index (χ1v) is 6.64. The lowest BCUT2D eigenvalue weighted by Gasteiger charge is -2.22. The third kappa shape index (κ3) is 3.46. The van der Waals surface area contributed by atoms with Crippen molar-refractivity contribution >= 4 is 27.6 Å². The molecule has 0 amide bonds. The van der Waals surface area contributed by atoms with E-state index in [0.717, 1.165) is 23.2 Å². The standard InChI is InChI=1S/C13H18BrNO2/c1-4-15(5-2)12-8-7-10(9-11(12)14)13(16)17-6-3/h7-9H,4-6H2,1-3H3. The Morgan fingerprint density at radius 2 is 1.94 bits per heavy atom. The molecule has 1 rings (SSSR count). The van der Waals surface area contributed by atoms with Gasteiger partial charge in [0, 0.05) is 17.6 Å². The highest BCUT2D eigenvalue weighted by atomic mass is 79.9. The van der Waals surface area contributed by atoms with Crippen molar-refractivity contribution in [2.45, 2.75) is 20.8 Å². The maximum absolute atomic E-state index is 11.6. The van der Waals surface area contributed by atoms with E-state index in [0.29, 0.717) is 12.2 Å². The Bertz CT molecular complexity index is 389. The molecular formula is C13H18BrNO2. The van der Waals surface area contributed by atoms with Crippen LogP contribution in [0.15, 0.2) is 22.7 Å². The van der Waals surface area contributed by atoms with E-state index in [4.69, 9.17) is 4.74 Å². The predicted molar refractivity (Wildman–Crippen MR) is 73.7 cm³/mol. The zero-order valence-electron chi connectivity index (χ0n) is 10.5. The maximum atomic E-state index is 11.6. The molecule has 0 N–H and O–H groups in total. The minimum absolute atomic E-state index is 0.278. The summed E-state index contributed by atoms with van der Waals surface area (Å²) in [5, 5.41) is 0. The molecule has 94 valence electrons. The van der Waals surface area contributed by atoms with Gasteiger partial charge in [-0.2, -0.15) is 0 Å². The smallest absolute Gasteiger partial charge is 0.338 e. The minimum Gasteiger partial charge on any atom is -0.462 e. The molecule has 0 aliphatic rings. The average molecular weight is 300 g/mol. The number of hydrogen-bond acceptors (Lipinski definition) is 3. The van der Waals surface area contributed by atoms with Crippen LogP contribution in [-0.2, 0) is 4.74 Å². The van der Waals surface area contributed by atoms with Crippen molar-refractivity contribution in [3.05, 3.63) is 28.2 Å². The van der Waals surface area contributed by atoms with Crippen LogP contribution >= 0.6 is 15.9 Å². The molecule has 0 aromatic heterocycles. The van der Waals surface area contributed by atoms with Gasteiger partial charge in [-0.1, -0.05) is 0 Å². The van der Waals surface area contributed by atoms with Gasteiger partial charge in [-0.15, -0.1) is 0 Å². The van der Waals surface area contributed by atoms with Gasteiger partial charge in [0.05, 0.1) is 17.9 Å². The number of esters is 1. The van der Waals surface area contributed by atoms with Crippen LogP contribution in [0.5, 0.6) is 0 Å². The lowest BCUT2D eigenvalue weighted by molar-refractivity contribution is 0.0526. The van der Waals surface area contributed by atoms with Crippen molar-refractivity contribution in [2.24, 2.45) is 0 Å². The zero-order chi connectivity index (χ0) is 12.8. The van der Waals surface area contributed by atoms with Crippen LogP contribution in [0.1, 0.15) is 31.1 Å². The van der Waals surface area contributed by atoms with Crippen LogP contribution in [0.25, 0.3) is 0 Å². The summed E-state index contributed by atoms with van der Waals surface area (Å²) in [4.78, 5) is 13.8. The molecule has 1 aromatic rings. The number of benzene rings is 1. The molecule has 0 fully saturated rings. The second-order valence-corrected chi connectivity index (χ2v) is 4.41. The van der Waals surface area contributed by atoms with Gasteiger partial charge in [-0.05, 0) is 54.9 Å². The first kappa shape index (κ1) is 14.0. The molecule has 0 spiro atoms. The van der Waals surface area contributed by atoms with E-state index >= 15 is 0 Å². The highest BCUT2D eigenvalue weighted by Gasteiger charge is 2.11. The van der Waals surface area contributed by atoms with Gasteiger partial charge >= 0.3 is 5.97 Å². The highest BCUT2D eigenvalue weighted by molar-refractivity contribution is 9.10. The van der Waals surface area contributed by atoms with Crippen molar-refractivity contribution in [3.63, 3.8) is 0 Å². The maximum Gasteiger partial charge on any atom is 0.338 e. The summed E-state index contributed by atoms with van der Waals surface area (Å²) in [7, 11) is 0. The van der Waals surface area contributed by atoms with Crippen molar-refractivity contribution < 1.29 is 9.53 Å². The second kappa shape index (κ2) is 6.64. The molecule has 0 atom stereocenters. The summed E-state index contributed by atoms with van der Waals surface area (Å²) in [6.45, 7) is 8.29. The van der Waals surface area contributed by atoms with Crippen LogP contribution in [0.4, 0.5) is 5.69 Å². The average Bonchev–Trinajstić information content (AvgIpc) is 2.32. The van der Waals surface area contributed by atoms with E-state index in [9.17, 15) is 4.79 Å². The van der Waals surface area contributed by atoms with Gasteiger partial charge in [0.15, 0.2) is 0 Å². The predicted octanol–water partition coefficient (Wildman–Crippen LogP) is 3.47. The number of nitrogens with zero attached hydrogens (tertiary/aromatic N) is 1. The summed E-state index contributed by atoms with van der Waals surface area (Å²) in [6, 6.07) is 5.56. The number of anilines is 1. The van der Waals surface area contributed by atoms with E-state index in [1.54, 1.807) is 13.0 Å². The Kier molecular flexibility index (Phi) is 5.48. The lowest BCUT2D eigenvalue weighted by Crippen LogP contribution is -2.22. The molecule has 17 heavy (non-hydrogen) atoms. The summed E-state index contributed by atoms with van der Waals surface area (Å²) in [6.07, 6.45) is 0. The number of carbonyl (C=O) groups is 1. The number of ether oxygens (including phenoxy) is 1. The third-order valence-corrected chi connectivity index (χ3v) is 3.20. The van der Waals surface area contributed by atoms with Crippen molar-refractivity contribution in [1.29, 1.82) is 0 Å². The first-order valence-electron chi connectivity index (χ1n) is 5.85. The molecule has 0 bridgehead atoms. The molecule has 0 saturated heterocycles. The van der Waals surface area contributed by atoms with Crippen LogP contribution < -0.4 is 4.90 Å². The topological polar surface area (TPSA) is 29.5 Å². The molecule has 1 aromatic carbocycles. The van der Waals surface area contributed by atoms with Crippen LogP contribution in [0, 0.1) is 0 Å². The van der Waals surface area contributed by atoms with Gasteiger partial charge in [-0.25, -0.2) is 4.79 Å². The van der Waals surface area contributed by atoms with E-state index in [-0.39, 0.29) is 5.97 Å². The fourth-order valence-corrected chi connectivity index (χ4v) is 2.30. The number of carbonyl (C=O) groups excluding carboxylic acids is 1. The summed E-state index contributed by atoms with van der Waals surface area (Å²) < 4.78 is 5.89. The largest absolute Gasteiger partial charge is 0.462 e. The van der Waals surface area contributed by atoms with E-state index in [1.165, 1.54) is 0 Å². The van der Waals surface area contributed by atoms with Gasteiger partial charge < -0.3 is 9.64 Å². The Labute approximate surface area is 111 Å². The molecule has 3 nitrogen and oxygen atoms in total. The normalized spacial score (nSPS) is 10.1. The summed E-state index contributed by atoms with van der Waals surface area (Å²) in [5.74, 6) is -0.278. The van der Waals surface area contributed by atoms with E-state index in [2.05, 4.69) is 34.7 Å². The van der Waals surface area contributed by atoms with Crippen LogP contribution in [-0.4, -0.2) is 25.7 Å². The molecule has 0 aliphatic carbocycles. The van der Waals surface area contributed by atoms with Gasteiger partial charge in [0.25, 0.3) is 0 Å². The fraction of sp³-hybridized carbons (Fsp3) is 0.462. The van der Waals surface area contributed by atoms with Crippen molar-refractivity contribution in [2.75, 3.05) is 24.6 Å². The number of rotatable bonds is 5. The molecular weight excluding hydrogens is 282 g/mol. The minimum atomic E-state index is -0.278. The molecule has 0 saturated carbocycles. The SMILES string of the molecule is CCOC(=O)c1ccc(N(CC)CC)c(Br)c1. The Balaban J connectivity index is 2.97. The highest BCUT2D eigenvalue weighted by Crippen LogP contribution is 2.27. The lowest BCUT2D eigenvalue weighted by atomic mass is 10.2. The van der Waals surface area contributed by atoms with Gasteiger partial charge in [-0.3, -0.25) is 0 Å². The van der Waals surface area contributed by atoms with Crippen molar-refractivity contribution in [1.82, 2.24) is 0 Å². The van der Waals surface area contributed by atoms with Gasteiger partial charge in [0.1, 0.15) is 0 Å². The quantitative estimate of drug-likeness (QED) is 0.780. The monoisotopic (exact) mass is 299 g/mol.